The van der Waals surface area contributed by atoms with Gasteiger partial charge in [0.1, 0.15) is 10.6 Å². The average molecular weight is 289 g/mol. The van der Waals surface area contributed by atoms with Crippen LogP contribution in [0, 0.1) is 0 Å². The summed E-state index contributed by atoms with van der Waals surface area (Å²) in [4.78, 5) is 12.3. The van der Waals surface area contributed by atoms with Gasteiger partial charge in [0.15, 0.2) is 5.78 Å². The van der Waals surface area contributed by atoms with E-state index in [9.17, 15) is 18.3 Å². The molecule has 1 aliphatic rings. The van der Waals surface area contributed by atoms with Crippen LogP contribution in [-0.2, 0) is 10.0 Å². The van der Waals surface area contributed by atoms with Crippen LogP contribution in [-0.4, -0.2) is 26.4 Å². The van der Waals surface area contributed by atoms with Crippen molar-refractivity contribution in [2.45, 2.75) is 4.90 Å². The lowest BCUT2D eigenvalue weighted by Gasteiger charge is -2.18. The van der Waals surface area contributed by atoms with Crippen molar-refractivity contribution in [2.75, 3.05) is 11.4 Å². The molecule has 2 aromatic carbocycles. The van der Waals surface area contributed by atoms with E-state index in [0.717, 1.165) is 10.4 Å². The molecule has 0 aromatic heterocycles. The molecule has 5 nitrogen and oxygen atoms in total. The number of hydrogen-bond donors (Lipinski definition) is 1. The Morgan fingerprint density at radius 2 is 1.75 bits per heavy atom. The Morgan fingerprint density at radius 3 is 2.50 bits per heavy atom. The van der Waals surface area contributed by atoms with Crippen LogP contribution in [0.3, 0.4) is 0 Å². The third-order valence-electron chi connectivity index (χ3n) is 3.34. The summed E-state index contributed by atoms with van der Waals surface area (Å²) < 4.78 is 26.2. The van der Waals surface area contributed by atoms with Crippen molar-refractivity contribution < 1.29 is 18.3 Å². The maximum absolute atomic E-state index is 12.5. The molecule has 1 heterocycles. The molecule has 3 rings (SSSR count). The number of para-hydroxylation sites is 1. The van der Waals surface area contributed by atoms with Crippen LogP contribution in [0.1, 0.15) is 15.9 Å². The molecule has 1 N–H and O–H groups in total. The Kier molecular flexibility index (Phi) is 2.58. The van der Waals surface area contributed by atoms with Gasteiger partial charge in [0.05, 0.1) is 5.69 Å². The van der Waals surface area contributed by atoms with E-state index in [0.29, 0.717) is 11.3 Å². The number of anilines is 1. The van der Waals surface area contributed by atoms with E-state index in [4.69, 9.17) is 0 Å². The van der Waals surface area contributed by atoms with Crippen molar-refractivity contribution in [1.82, 2.24) is 0 Å². The van der Waals surface area contributed by atoms with E-state index in [2.05, 4.69) is 0 Å². The number of phenols is 1. The zero-order valence-electron chi connectivity index (χ0n) is 10.6. The summed E-state index contributed by atoms with van der Waals surface area (Å²) >= 11 is 0. The zero-order chi connectivity index (χ0) is 14.5. The van der Waals surface area contributed by atoms with Crippen molar-refractivity contribution in [2.24, 2.45) is 0 Å². The van der Waals surface area contributed by atoms with Crippen LogP contribution in [0.4, 0.5) is 5.69 Å². The molecule has 2 aromatic rings. The Balaban J connectivity index is 2.44. The first-order valence-electron chi connectivity index (χ1n) is 5.88. The van der Waals surface area contributed by atoms with Gasteiger partial charge in [-0.05, 0) is 24.3 Å². The minimum atomic E-state index is -3.87. The number of sulfonamides is 1. The third-order valence-corrected chi connectivity index (χ3v) is 5.15. The van der Waals surface area contributed by atoms with Gasteiger partial charge in [0.25, 0.3) is 10.0 Å². The summed E-state index contributed by atoms with van der Waals surface area (Å²) in [6.45, 7) is 0. The van der Waals surface area contributed by atoms with E-state index in [1.807, 2.05) is 0 Å². The second kappa shape index (κ2) is 4.08. The molecule has 0 radical (unpaired) electrons. The number of rotatable bonds is 0. The van der Waals surface area contributed by atoms with Gasteiger partial charge in [-0.1, -0.05) is 12.1 Å². The standard InChI is InChI=1S/C14H11NO4S/c1-15-12-5-3-2-4-10(12)14(17)11-7-6-9(16)8-13(11)20(15,18)19/h2-8,16H,1H3. The van der Waals surface area contributed by atoms with Crippen LogP contribution in [0.15, 0.2) is 47.4 Å². The molecule has 0 amide bonds. The lowest BCUT2D eigenvalue weighted by molar-refractivity contribution is 0.103. The highest BCUT2D eigenvalue weighted by molar-refractivity contribution is 7.93. The fraction of sp³-hybridized carbons (Fsp3) is 0.0714. The summed E-state index contributed by atoms with van der Waals surface area (Å²) in [6.07, 6.45) is 0. The van der Waals surface area contributed by atoms with E-state index < -0.39 is 10.0 Å². The van der Waals surface area contributed by atoms with Gasteiger partial charge < -0.3 is 5.11 Å². The first-order chi connectivity index (χ1) is 9.43. The maximum Gasteiger partial charge on any atom is 0.264 e. The molecule has 102 valence electrons. The Morgan fingerprint density at radius 1 is 1.05 bits per heavy atom. The van der Waals surface area contributed by atoms with Crippen LogP contribution in [0.2, 0.25) is 0 Å². The van der Waals surface area contributed by atoms with Gasteiger partial charge in [0, 0.05) is 24.2 Å². The smallest absolute Gasteiger partial charge is 0.264 e. The maximum atomic E-state index is 12.5. The molecule has 0 aliphatic carbocycles. The fourth-order valence-electron chi connectivity index (χ4n) is 2.27. The molecule has 1 aliphatic heterocycles. The van der Waals surface area contributed by atoms with Gasteiger partial charge in [-0.3, -0.25) is 9.10 Å². The van der Waals surface area contributed by atoms with E-state index >= 15 is 0 Å². The summed E-state index contributed by atoms with van der Waals surface area (Å²) in [5, 5.41) is 9.51. The molecule has 0 saturated heterocycles. The monoisotopic (exact) mass is 289 g/mol. The predicted octanol–water partition coefficient (Wildman–Crippen LogP) is 1.76. The highest BCUT2D eigenvalue weighted by atomic mass is 32.2. The summed E-state index contributed by atoms with van der Waals surface area (Å²) in [6, 6.07) is 10.3. The molecular formula is C14H11NO4S. The van der Waals surface area contributed by atoms with E-state index in [1.165, 1.54) is 19.2 Å². The number of ketones is 1. The van der Waals surface area contributed by atoms with Crippen LogP contribution >= 0.6 is 0 Å². The molecule has 6 heteroatoms. The largest absolute Gasteiger partial charge is 0.508 e. The van der Waals surface area contributed by atoms with Gasteiger partial charge in [0.2, 0.25) is 0 Å². The number of fused-ring (bicyclic) bond motifs is 2. The van der Waals surface area contributed by atoms with Crippen molar-refractivity contribution >= 4 is 21.5 Å². The van der Waals surface area contributed by atoms with Crippen LogP contribution in [0.25, 0.3) is 0 Å². The first kappa shape index (κ1) is 12.7. The minimum absolute atomic E-state index is 0.0691. The Labute approximate surface area is 116 Å². The van der Waals surface area contributed by atoms with E-state index in [1.54, 1.807) is 24.3 Å². The molecule has 0 atom stereocenters. The predicted molar refractivity (Wildman–Crippen MR) is 73.6 cm³/mol. The lowest BCUT2D eigenvalue weighted by Crippen LogP contribution is -2.26. The first-order valence-corrected chi connectivity index (χ1v) is 7.32. The van der Waals surface area contributed by atoms with Crippen LogP contribution in [0.5, 0.6) is 5.75 Å². The molecule has 0 unspecified atom stereocenters. The minimum Gasteiger partial charge on any atom is -0.508 e. The highest BCUT2D eigenvalue weighted by Crippen LogP contribution is 2.35. The summed E-state index contributed by atoms with van der Waals surface area (Å²) in [5.41, 5.74) is 0.718. The number of benzene rings is 2. The highest BCUT2D eigenvalue weighted by Gasteiger charge is 2.34. The number of carbonyl (C=O) groups is 1. The second-order valence-electron chi connectivity index (χ2n) is 4.50. The molecule has 0 spiro atoms. The molecule has 0 bridgehead atoms. The van der Waals surface area contributed by atoms with Crippen molar-refractivity contribution in [3.05, 3.63) is 53.6 Å². The Bertz CT molecular complexity index is 827. The SMILES string of the molecule is CN1c2ccccc2C(=O)c2ccc(O)cc2S1(=O)=O. The number of nitrogens with zero attached hydrogens (tertiary/aromatic N) is 1. The topological polar surface area (TPSA) is 74.7 Å². The molecule has 20 heavy (non-hydrogen) atoms. The molecule has 0 saturated carbocycles. The van der Waals surface area contributed by atoms with Gasteiger partial charge >= 0.3 is 0 Å². The fourth-order valence-corrected chi connectivity index (χ4v) is 3.70. The van der Waals surface area contributed by atoms with E-state index in [-0.39, 0.29) is 22.0 Å². The van der Waals surface area contributed by atoms with Crippen molar-refractivity contribution in [3.8, 4) is 5.75 Å². The zero-order valence-corrected chi connectivity index (χ0v) is 11.4. The third kappa shape index (κ3) is 1.61. The van der Waals surface area contributed by atoms with Crippen molar-refractivity contribution in [3.63, 3.8) is 0 Å². The summed E-state index contributed by atoms with van der Waals surface area (Å²) in [7, 11) is -2.48. The van der Waals surface area contributed by atoms with Crippen molar-refractivity contribution in [1.29, 1.82) is 0 Å². The van der Waals surface area contributed by atoms with Gasteiger partial charge in [-0.15, -0.1) is 0 Å². The number of aromatic hydroxyl groups is 1. The van der Waals surface area contributed by atoms with Gasteiger partial charge in [-0.25, -0.2) is 8.42 Å². The summed E-state index contributed by atoms with van der Waals surface area (Å²) in [5.74, 6) is -0.567. The average Bonchev–Trinajstić information content (AvgIpc) is 2.50. The number of phenolic OH excluding ortho intramolecular Hbond substituents is 1. The number of carbonyl (C=O) groups excluding carboxylic acids is 1. The lowest BCUT2D eigenvalue weighted by atomic mass is 10.0. The van der Waals surface area contributed by atoms with Crippen LogP contribution < -0.4 is 4.31 Å². The molecule has 0 fully saturated rings. The molecular weight excluding hydrogens is 278 g/mol. The number of hydrogen-bond acceptors (Lipinski definition) is 4. The van der Waals surface area contributed by atoms with Gasteiger partial charge in [-0.2, -0.15) is 0 Å². The second-order valence-corrected chi connectivity index (χ2v) is 6.44. The quantitative estimate of drug-likeness (QED) is 0.802. The normalized spacial score (nSPS) is 16.2. The Hall–Kier alpha value is -2.34.